The van der Waals surface area contributed by atoms with Crippen molar-refractivity contribution in [2.45, 2.75) is 31.8 Å². The number of thiophene rings is 1. The van der Waals surface area contributed by atoms with Crippen LogP contribution in [0.2, 0.25) is 0 Å². The maximum absolute atomic E-state index is 13.1. The van der Waals surface area contributed by atoms with Gasteiger partial charge in [0.05, 0.1) is 28.6 Å². The predicted molar refractivity (Wildman–Crippen MR) is 104 cm³/mol. The van der Waals surface area contributed by atoms with Crippen LogP contribution in [0.4, 0.5) is 10.7 Å². The first-order valence-electron chi connectivity index (χ1n) is 8.57. The average Bonchev–Trinajstić information content (AvgIpc) is 3.23. The minimum atomic E-state index is -4.10. The van der Waals surface area contributed by atoms with E-state index in [9.17, 15) is 18.5 Å². The third-order valence-corrected chi connectivity index (χ3v) is 7.20. The molecule has 2 aromatic heterocycles. The number of anilines is 1. The lowest BCUT2D eigenvalue weighted by molar-refractivity contribution is -0.385. The first-order chi connectivity index (χ1) is 13.8. The Labute approximate surface area is 169 Å². The zero-order valence-electron chi connectivity index (χ0n) is 15.5. The van der Waals surface area contributed by atoms with E-state index in [1.54, 1.807) is 13.8 Å². The highest BCUT2D eigenvalue weighted by Crippen LogP contribution is 2.43. The van der Waals surface area contributed by atoms with Gasteiger partial charge < -0.3 is 9.26 Å². The van der Waals surface area contributed by atoms with Gasteiger partial charge in [0.2, 0.25) is 0 Å². The second-order valence-corrected chi connectivity index (χ2v) is 9.23. The molecule has 4 rings (SSSR count). The van der Waals surface area contributed by atoms with E-state index in [-0.39, 0.29) is 16.5 Å². The van der Waals surface area contributed by atoms with Crippen molar-refractivity contribution >= 4 is 32.0 Å². The van der Waals surface area contributed by atoms with Gasteiger partial charge in [-0.25, -0.2) is 8.42 Å². The molecule has 0 saturated heterocycles. The van der Waals surface area contributed by atoms with E-state index in [2.05, 4.69) is 14.9 Å². The molecule has 3 aromatic rings. The lowest BCUT2D eigenvalue weighted by Crippen LogP contribution is -2.14. The van der Waals surface area contributed by atoms with Gasteiger partial charge in [-0.2, -0.15) is 4.98 Å². The summed E-state index contributed by atoms with van der Waals surface area (Å²) in [4.78, 5) is 15.4. The number of nitrogens with one attached hydrogen (secondary N) is 1. The van der Waals surface area contributed by atoms with Crippen LogP contribution in [-0.2, 0) is 27.8 Å². The van der Waals surface area contributed by atoms with E-state index in [0.717, 1.165) is 16.5 Å². The number of aromatic nitrogens is 2. The highest BCUT2D eigenvalue weighted by Gasteiger charge is 2.29. The van der Waals surface area contributed by atoms with Crippen molar-refractivity contribution in [3.05, 3.63) is 50.1 Å². The Hall–Kier alpha value is -2.83. The zero-order valence-corrected chi connectivity index (χ0v) is 17.1. The normalized spacial score (nSPS) is 13.9. The van der Waals surface area contributed by atoms with Crippen molar-refractivity contribution in [1.82, 2.24) is 10.1 Å². The summed E-state index contributed by atoms with van der Waals surface area (Å²) in [6.45, 7) is 4.11. The van der Waals surface area contributed by atoms with Crippen LogP contribution in [-0.4, -0.2) is 30.1 Å². The molecule has 12 heteroatoms. The molecule has 0 spiro atoms. The molecular formula is C17H16N4O6S2. The fourth-order valence-electron chi connectivity index (χ4n) is 3.10. The van der Waals surface area contributed by atoms with Crippen molar-refractivity contribution in [1.29, 1.82) is 0 Å². The van der Waals surface area contributed by atoms with E-state index in [1.807, 2.05) is 0 Å². The number of fused-ring (bicyclic) bond motifs is 1. The number of non-ortho nitro benzene ring substituents is 1. The lowest BCUT2D eigenvalue weighted by atomic mass is 10.1. The van der Waals surface area contributed by atoms with Crippen molar-refractivity contribution in [2.24, 2.45) is 0 Å². The number of hydrogen-bond acceptors (Lipinski definition) is 9. The van der Waals surface area contributed by atoms with Gasteiger partial charge in [0.1, 0.15) is 5.00 Å². The second-order valence-electron chi connectivity index (χ2n) is 6.47. The molecule has 1 aliphatic rings. The summed E-state index contributed by atoms with van der Waals surface area (Å²) in [5.74, 6) is 0.644. The van der Waals surface area contributed by atoms with Gasteiger partial charge in [-0.15, -0.1) is 11.3 Å². The number of aryl methyl sites for hydroxylation is 2. The molecule has 0 atom stereocenters. The second kappa shape index (κ2) is 7.21. The highest BCUT2D eigenvalue weighted by atomic mass is 32.2. The Morgan fingerprint density at radius 3 is 2.79 bits per heavy atom. The molecular weight excluding hydrogens is 420 g/mol. The molecule has 10 nitrogen and oxygen atoms in total. The molecule has 0 bridgehead atoms. The Morgan fingerprint density at radius 1 is 1.31 bits per heavy atom. The molecule has 3 heterocycles. The molecule has 29 heavy (non-hydrogen) atoms. The average molecular weight is 436 g/mol. The Balaban J connectivity index is 1.81. The minimum Gasteiger partial charge on any atom is -0.376 e. The van der Waals surface area contributed by atoms with Gasteiger partial charge in [-0.1, -0.05) is 11.2 Å². The van der Waals surface area contributed by atoms with Gasteiger partial charge in [-0.3, -0.25) is 14.8 Å². The molecule has 1 aliphatic heterocycles. The summed E-state index contributed by atoms with van der Waals surface area (Å²) in [5, 5.41) is 15.2. The van der Waals surface area contributed by atoms with Gasteiger partial charge in [0.25, 0.3) is 21.6 Å². The molecule has 1 aromatic carbocycles. The van der Waals surface area contributed by atoms with Gasteiger partial charge in [0, 0.05) is 17.0 Å². The SMILES string of the molecule is Cc1noc(-c2c(NS(=O)(=O)c3cc([N+](=O)[O-])ccc3C)sc3c2CCOC3)n1. The van der Waals surface area contributed by atoms with Crippen LogP contribution in [0.1, 0.15) is 21.8 Å². The van der Waals surface area contributed by atoms with Crippen molar-refractivity contribution in [3.8, 4) is 11.5 Å². The molecule has 0 radical (unpaired) electrons. The Morgan fingerprint density at radius 2 is 2.10 bits per heavy atom. The van der Waals surface area contributed by atoms with Crippen molar-refractivity contribution in [3.63, 3.8) is 0 Å². The lowest BCUT2D eigenvalue weighted by Gasteiger charge is -2.12. The van der Waals surface area contributed by atoms with Crippen molar-refractivity contribution in [2.75, 3.05) is 11.3 Å². The maximum Gasteiger partial charge on any atom is 0.270 e. The number of nitrogens with zero attached hydrogens (tertiary/aromatic N) is 3. The number of nitro groups is 1. The predicted octanol–water partition coefficient (Wildman–Crippen LogP) is 3.20. The molecule has 0 amide bonds. The molecule has 0 unspecified atom stereocenters. The monoisotopic (exact) mass is 436 g/mol. The topological polar surface area (TPSA) is 137 Å². The van der Waals surface area contributed by atoms with Crippen LogP contribution in [0.5, 0.6) is 0 Å². The Bertz CT molecular complexity index is 1210. The van der Waals surface area contributed by atoms with E-state index in [0.29, 0.717) is 41.6 Å². The summed E-state index contributed by atoms with van der Waals surface area (Å²) >= 11 is 1.23. The molecule has 0 saturated carbocycles. The van der Waals surface area contributed by atoms with Crippen LogP contribution < -0.4 is 4.72 Å². The van der Waals surface area contributed by atoms with Gasteiger partial charge in [0.15, 0.2) is 5.82 Å². The molecule has 0 aliphatic carbocycles. The largest absolute Gasteiger partial charge is 0.376 e. The van der Waals surface area contributed by atoms with Crippen molar-refractivity contribution < 1.29 is 22.6 Å². The van der Waals surface area contributed by atoms with Crippen LogP contribution >= 0.6 is 11.3 Å². The van der Waals surface area contributed by atoms with E-state index < -0.39 is 14.9 Å². The number of hydrogen-bond donors (Lipinski definition) is 1. The van der Waals surface area contributed by atoms with Gasteiger partial charge in [-0.05, 0) is 31.4 Å². The van der Waals surface area contributed by atoms with Crippen LogP contribution in [0.15, 0.2) is 27.6 Å². The fraction of sp³-hybridized carbons (Fsp3) is 0.294. The van der Waals surface area contributed by atoms with Crippen LogP contribution in [0, 0.1) is 24.0 Å². The van der Waals surface area contributed by atoms with Crippen LogP contribution in [0.25, 0.3) is 11.5 Å². The number of nitro benzene ring substituents is 1. The standard InChI is InChI=1S/C17H16N4O6S2/c1-9-3-4-11(21(22)23)7-14(9)29(24,25)20-17-15(16-18-10(2)19-27-16)12-5-6-26-8-13(12)28-17/h3-4,7,20H,5-6,8H2,1-2H3. The molecule has 1 N–H and O–H groups in total. The summed E-state index contributed by atoms with van der Waals surface area (Å²) in [7, 11) is -4.10. The highest BCUT2D eigenvalue weighted by molar-refractivity contribution is 7.93. The Kier molecular flexibility index (Phi) is 4.84. The minimum absolute atomic E-state index is 0.165. The maximum atomic E-state index is 13.1. The van der Waals surface area contributed by atoms with Crippen LogP contribution in [0.3, 0.4) is 0 Å². The first kappa shape index (κ1) is 19.5. The van der Waals surface area contributed by atoms with Gasteiger partial charge >= 0.3 is 0 Å². The van der Waals surface area contributed by atoms with E-state index in [1.165, 1.54) is 23.5 Å². The summed E-state index contributed by atoms with van der Waals surface area (Å²) in [5.41, 5.74) is 1.52. The molecule has 0 fully saturated rings. The number of rotatable bonds is 5. The number of benzene rings is 1. The number of ether oxygens (including phenoxy) is 1. The quantitative estimate of drug-likeness (QED) is 0.475. The summed E-state index contributed by atoms with van der Waals surface area (Å²) < 4.78 is 39.5. The smallest absolute Gasteiger partial charge is 0.270 e. The zero-order chi connectivity index (χ0) is 20.8. The van der Waals surface area contributed by atoms with E-state index in [4.69, 9.17) is 9.26 Å². The molecule has 152 valence electrons. The van der Waals surface area contributed by atoms with E-state index >= 15 is 0 Å². The third-order valence-electron chi connectivity index (χ3n) is 4.46. The first-order valence-corrected chi connectivity index (χ1v) is 10.9. The third kappa shape index (κ3) is 3.61. The fourth-order valence-corrected chi connectivity index (χ4v) is 5.85. The summed E-state index contributed by atoms with van der Waals surface area (Å²) in [6, 6.07) is 3.72. The summed E-state index contributed by atoms with van der Waals surface area (Å²) in [6.07, 6.45) is 0.583. The number of sulfonamides is 1.